The average Bonchev–Trinajstić information content (AvgIpc) is 2.66. The summed E-state index contributed by atoms with van der Waals surface area (Å²) in [6.45, 7) is 8.20. The quantitative estimate of drug-likeness (QED) is 0.744. The fourth-order valence-corrected chi connectivity index (χ4v) is 2.83. The molecule has 0 bridgehead atoms. The van der Waals surface area contributed by atoms with E-state index in [0.29, 0.717) is 17.9 Å². The van der Waals surface area contributed by atoms with E-state index in [1.807, 2.05) is 25.1 Å². The first kappa shape index (κ1) is 19.8. The summed E-state index contributed by atoms with van der Waals surface area (Å²) in [5, 5.41) is 3.13. The molecule has 4 heteroatoms. The number of benzene rings is 2. The molecule has 1 amide bonds. The predicted molar refractivity (Wildman–Crippen MR) is 105 cm³/mol. The first-order chi connectivity index (χ1) is 12.5. The molecular weight excluding hydrogens is 326 g/mol. The highest BCUT2D eigenvalue weighted by molar-refractivity contribution is 5.81. The van der Waals surface area contributed by atoms with Crippen LogP contribution in [0.5, 0.6) is 11.5 Å². The molecule has 2 rings (SSSR count). The van der Waals surface area contributed by atoms with Gasteiger partial charge in [0, 0.05) is 6.07 Å². The van der Waals surface area contributed by atoms with Gasteiger partial charge in [0.15, 0.2) is 6.10 Å². The molecule has 4 nitrogen and oxygen atoms in total. The molecule has 0 aliphatic heterocycles. The molecule has 0 saturated heterocycles. The number of carbonyl (C=O) groups is 1. The molecule has 0 unspecified atom stereocenters. The van der Waals surface area contributed by atoms with E-state index >= 15 is 0 Å². The normalized spacial score (nSPS) is 13.0. The third-order valence-electron chi connectivity index (χ3n) is 4.64. The van der Waals surface area contributed by atoms with E-state index in [-0.39, 0.29) is 11.9 Å². The SMILES string of the molecule is CC[C@H](NC(=O)[C@@H](CC)Oc1cccc(OC)c1)c1ccc(C)c(C)c1. The Morgan fingerprint density at radius 1 is 1.00 bits per heavy atom. The Labute approximate surface area is 156 Å². The highest BCUT2D eigenvalue weighted by Gasteiger charge is 2.22. The van der Waals surface area contributed by atoms with E-state index in [4.69, 9.17) is 9.47 Å². The summed E-state index contributed by atoms with van der Waals surface area (Å²) < 4.78 is 11.1. The molecule has 0 aliphatic rings. The van der Waals surface area contributed by atoms with Crippen LogP contribution in [-0.4, -0.2) is 19.1 Å². The van der Waals surface area contributed by atoms with Crippen LogP contribution in [0.25, 0.3) is 0 Å². The zero-order valence-corrected chi connectivity index (χ0v) is 16.3. The molecule has 0 spiro atoms. The minimum atomic E-state index is -0.539. The van der Waals surface area contributed by atoms with Gasteiger partial charge in [0.05, 0.1) is 13.2 Å². The highest BCUT2D eigenvalue weighted by Crippen LogP contribution is 2.23. The van der Waals surface area contributed by atoms with Crippen LogP contribution in [0, 0.1) is 13.8 Å². The third-order valence-corrected chi connectivity index (χ3v) is 4.64. The van der Waals surface area contributed by atoms with Gasteiger partial charge >= 0.3 is 0 Å². The Morgan fingerprint density at radius 3 is 2.35 bits per heavy atom. The summed E-state index contributed by atoms with van der Waals surface area (Å²) >= 11 is 0. The van der Waals surface area contributed by atoms with Gasteiger partial charge in [-0.1, -0.05) is 38.1 Å². The summed E-state index contributed by atoms with van der Waals surface area (Å²) in [4.78, 5) is 12.8. The van der Waals surface area contributed by atoms with Crippen molar-refractivity contribution in [2.45, 2.75) is 52.7 Å². The average molecular weight is 355 g/mol. The van der Waals surface area contributed by atoms with Crippen LogP contribution in [0.2, 0.25) is 0 Å². The van der Waals surface area contributed by atoms with Crippen LogP contribution in [0.3, 0.4) is 0 Å². The second-order valence-electron chi connectivity index (χ2n) is 6.51. The Balaban J connectivity index is 2.09. The lowest BCUT2D eigenvalue weighted by atomic mass is 9.99. The van der Waals surface area contributed by atoms with Gasteiger partial charge in [0.25, 0.3) is 5.91 Å². The van der Waals surface area contributed by atoms with E-state index < -0.39 is 6.10 Å². The molecule has 0 fully saturated rings. The molecule has 0 aromatic heterocycles. The lowest BCUT2D eigenvalue weighted by Crippen LogP contribution is -2.40. The molecular formula is C22H29NO3. The minimum Gasteiger partial charge on any atom is -0.497 e. The maximum absolute atomic E-state index is 12.8. The van der Waals surface area contributed by atoms with Crippen LogP contribution >= 0.6 is 0 Å². The minimum absolute atomic E-state index is 0.0234. The predicted octanol–water partition coefficient (Wildman–Crippen LogP) is 4.74. The van der Waals surface area contributed by atoms with Crippen molar-refractivity contribution >= 4 is 5.91 Å². The monoisotopic (exact) mass is 355 g/mol. The lowest BCUT2D eigenvalue weighted by molar-refractivity contribution is -0.129. The fraction of sp³-hybridized carbons (Fsp3) is 0.409. The first-order valence-electron chi connectivity index (χ1n) is 9.16. The van der Waals surface area contributed by atoms with Crippen LogP contribution in [-0.2, 0) is 4.79 Å². The van der Waals surface area contributed by atoms with Gasteiger partial charge in [0.1, 0.15) is 11.5 Å². The Kier molecular flexibility index (Phi) is 7.07. The molecule has 0 radical (unpaired) electrons. The number of nitrogens with one attached hydrogen (secondary N) is 1. The van der Waals surface area contributed by atoms with Gasteiger partial charge in [0.2, 0.25) is 0 Å². The molecule has 2 aromatic rings. The van der Waals surface area contributed by atoms with Crippen molar-refractivity contribution in [2.24, 2.45) is 0 Å². The molecule has 26 heavy (non-hydrogen) atoms. The van der Waals surface area contributed by atoms with Crippen LogP contribution < -0.4 is 14.8 Å². The van der Waals surface area contributed by atoms with E-state index in [1.165, 1.54) is 11.1 Å². The third kappa shape index (κ3) is 5.01. The number of rotatable bonds is 8. The zero-order chi connectivity index (χ0) is 19.1. The van der Waals surface area contributed by atoms with Gasteiger partial charge in [-0.05, 0) is 55.5 Å². The number of aryl methyl sites for hydroxylation is 2. The molecule has 2 aromatic carbocycles. The molecule has 0 aliphatic carbocycles. The number of hydrogen-bond donors (Lipinski definition) is 1. The summed E-state index contributed by atoms with van der Waals surface area (Å²) in [7, 11) is 1.61. The van der Waals surface area contributed by atoms with E-state index in [9.17, 15) is 4.79 Å². The first-order valence-corrected chi connectivity index (χ1v) is 9.16. The van der Waals surface area contributed by atoms with Crippen molar-refractivity contribution < 1.29 is 14.3 Å². The molecule has 2 atom stereocenters. The van der Waals surface area contributed by atoms with Gasteiger partial charge in [-0.3, -0.25) is 4.79 Å². The summed E-state index contributed by atoms with van der Waals surface area (Å²) in [6.07, 6.45) is 0.874. The topological polar surface area (TPSA) is 47.6 Å². The van der Waals surface area contributed by atoms with Crippen molar-refractivity contribution in [2.75, 3.05) is 7.11 Å². The van der Waals surface area contributed by atoms with Gasteiger partial charge in [-0.25, -0.2) is 0 Å². The lowest BCUT2D eigenvalue weighted by Gasteiger charge is -2.23. The van der Waals surface area contributed by atoms with Crippen molar-refractivity contribution in [3.8, 4) is 11.5 Å². The maximum atomic E-state index is 12.8. The van der Waals surface area contributed by atoms with E-state index in [2.05, 4.69) is 44.3 Å². The van der Waals surface area contributed by atoms with E-state index in [1.54, 1.807) is 13.2 Å². The van der Waals surface area contributed by atoms with Crippen LogP contribution in [0.4, 0.5) is 0 Å². The Hall–Kier alpha value is -2.49. The van der Waals surface area contributed by atoms with Crippen molar-refractivity contribution in [1.82, 2.24) is 5.32 Å². The van der Waals surface area contributed by atoms with Crippen LogP contribution in [0.15, 0.2) is 42.5 Å². The van der Waals surface area contributed by atoms with Gasteiger partial charge < -0.3 is 14.8 Å². The highest BCUT2D eigenvalue weighted by atomic mass is 16.5. The number of ether oxygens (including phenoxy) is 2. The number of amides is 1. The van der Waals surface area contributed by atoms with Crippen molar-refractivity contribution in [3.63, 3.8) is 0 Å². The number of hydrogen-bond acceptors (Lipinski definition) is 3. The number of methoxy groups -OCH3 is 1. The molecule has 1 N–H and O–H groups in total. The fourth-order valence-electron chi connectivity index (χ4n) is 2.83. The van der Waals surface area contributed by atoms with Crippen molar-refractivity contribution in [1.29, 1.82) is 0 Å². The second kappa shape index (κ2) is 9.27. The summed E-state index contributed by atoms with van der Waals surface area (Å²) in [5.74, 6) is 1.24. The largest absolute Gasteiger partial charge is 0.497 e. The Bertz CT molecular complexity index is 742. The second-order valence-corrected chi connectivity index (χ2v) is 6.51. The van der Waals surface area contributed by atoms with Gasteiger partial charge in [-0.15, -0.1) is 0 Å². The standard InChI is InChI=1S/C22H29NO3/c1-6-20(17-12-11-15(3)16(4)13-17)23-22(24)21(7-2)26-19-10-8-9-18(14-19)25-5/h8-14,20-21H,6-7H2,1-5H3,(H,23,24)/t20-,21+/m0/s1. The van der Waals surface area contributed by atoms with Gasteiger partial charge in [-0.2, -0.15) is 0 Å². The van der Waals surface area contributed by atoms with E-state index in [0.717, 1.165) is 12.0 Å². The molecule has 0 saturated carbocycles. The summed E-state index contributed by atoms with van der Waals surface area (Å²) in [5.41, 5.74) is 3.61. The zero-order valence-electron chi connectivity index (χ0n) is 16.3. The summed E-state index contributed by atoms with van der Waals surface area (Å²) in [6, 6.07) is 13.6. The molecule has 140 valence electrons. The van der Waals surface area contributed by atoms with Crippen LogP contribution in [0.1, 0.15) is 49.4 Å². The smallest absolute Gasteiger partial charge is 0.261 e. The maximum Gasteiger partial charge on any atom is 0.261 e. The Morgan fingerprint density at radius 2 is 1.73 bits per heavy atom. The number of carbonyl (C=O) groups excluding carboxylic acids is 1. The molecule has 0 heterocycles. The van der Waals surface area contributed by atoms with Crippen molar-refractivity contribution in [3.05, 3.63) is 59.2 Å².